The van der Waals surface area contributed by atoms with Crippen LogP contribution in [0.2, 0.25) is 0 Å². The van der Waals surface area contributed by atoms with Crippen LogP contribution in [0.4, 0.5) is 4.39 Å². The molecule has 0 saturated heterocycles. The second-order valence-electron chi connectivity index (χ2n) is 4.57. The molecule has 0 aliphatic heterocycles. The molecule has 2 N–H and O–H groups in total. The van der Waals surface area contributed by atoms with Crippen molar-refractivity contribution < 1.29 is 14.3 Å². The van der Waals surface area contributed by atoms with Gasteiger partial charge in [-0.25, -0.2) is 4.39 Å². The number of nitrogens with one attached hydrogen (secondary N) is 1. The zero-order chi connectivity index (χ0) is 15.1. The van der Waals surface area contributed by atoms with Gasteiger partial charge in [-0.1, -0.05) is 6.07 Å². The second-order valence-corrected chi connectivity index (χ2v) is 4.57. The predicted octanol–water partition coefficient (Wildman–Crippen LogP) is 1.36. The average molecular weight is 289 g/mol. The third-order valence-electron chi connectivity index (χ3n) is 2.90. The van der Waals surface area contributed by atoms with Crippen molar-refractivity contribution in [3.05, 3.63) is 59.4 Å². The van der Waals surface area contributed by atoms with Crippen LogP contribution < -0.4 is 5.32 Å². The first-order valence-corrected chi connectivity index (χ1v) is 6.59. The molecule has 0 radical (unpaired) electrons. The number of carbonyl (C=O) groups is 1. The normalized spacial score (nSPS) is 10.4. The molecule has 2 aromatic rings. The Kier molecular flexibility index (Phi) is 5.34. The fourth-order valence-electron chi connectivity index (χ4n) is 1.84. The molecular formula is C15H16FN3O2. The van der Waals surface area contributed by atoms with Gasteiger partial charge in [-0.15, -0.1) is 0 Å². The number of rotatable bonds is 6. The first-order chi connectivity index (χ1) is 10.2. The van der Waals surface area contributed by atoms with E-state index in [-0.39, 0.29) is 18.9 Å². The van der Waals surface area contributed by atoms with Gasteiger partial charge in [0.1, 0.15) is 5.82 Å². The van der Waals surface area contributed by atoms with Crippen molar-refractivity contribution in [3.8, 4) is 0 Å². The Morgan fingerprint density at radius 2 is 2.10 bits per heavy atom. The quantitative estimate of drug-likeness (QED) is 0.842. The van der Waals surface area contributed by atoms with E-state index in [9.17, 15) is 9.18 Å². The lowest BCUT2D eigenvalue weighted by Gasteiger charge is -2.06. The molecule has 0 aliphatic rings. The molecule has 21 heavy (non-hydrogen) atoms. The first kappa shape index (κ1) is 15.1. The number of nitrogens with zero attached hydrogens (tertiary/aromatic N) is 2. The van der Waals surface area contributed by atoms with E-state index in [0.29, 0.717) is 29.9 Å². The molecule has 2 rings (SSSR count). The van der Waals surface area contributed by atoms with Crippen molar-refractivity contribution in [2.24, 2.45) is 0 Å². The highest BCUT2D eigenvalue weighted by Gasteiger charge is 2.04. The number of hydrogen-bond donors (Lipinski definition) is 2. The van der Waals surface area contributed by atoms with Crippen molar-refractivity contribution >= 4 is 5.91 Å². The Morgan fingerprint density at radius 3 is 2.86 bits per heavy atom. The van der Waals surface area contributed by atoms with E-state index in [2.05, 4.69) is 15.3 Å². The van der Waals surface area contributed by atoms with E-state index in [0.717, 1.165) is 6.20 Å². The van der Waals surface area contributed by atoms with E-state index in [4.69, 9.17) is 5.11 Å². The molecule has 0 aliphatic carbocycles. The summed E-state index contributed by atoms with van der Waals surface area (Å²) in [6.45, 7) is 0.169. The maximum Gasteiger partial charge on any atom is 0.220 e. The number of aromatic nitrogens is 2. The van der Waals surface area contributed by atoms with Crippen LogP contribution in [0.1, 0.15) is 23.4 Å². The SMILES string of the molecule is O=C(CCc1cncc(F)c1)NCc1cccc(CO)n1. The summed E-state index contributed by atoms with van der Waals surface area (Å²) in [5.41, 5.74) is 1.93. The highest BCUT2D eigenvalue weighted by atomic mass is 19.1. The van der Waals surface area contributed by atoms with Gasteiger partial charge in [0.2, 0.25) is 5.91 Å². The molecule has 0 bridgehead atoms. The van der Waals surface area contributed by atoms with Crippen LogP contribution in [0, 0.1) is 5.82 Å². The average Bonchev–Trinajstić information content (AvgIpc) is 2.51. The Hall–Kier alpha value is -2.34. The van der Waals surface area contributed by atoms with Crippen molar-refractivity contribution in [2.45, 2.75) is 26.0 Å². The summed E-state index contributed by atoms with van der Waals surface area (Å²) in [5.74, 6) is -0.548. The molecule has 0 fully saturated rings. The summed E-state index contributed by atoms with van der Waals surface area (Å²) in [7, 11) is 0. The lowest BCUT2D eigenvalue weighted by molar-refractivity contribution is -0.121. The Bertz CT molecular complexity index is 619. The number of halogens is 1. The van der Waals surface area contributed by atoms with Crippen molar-refractivity contribution in [1.29, 1.82) is 0 Å². The van der Waals surface area contributed by atoms with Gasteiger partial charge in [0.25, 0.3) is 0 Å². The summed E-state index contributed by atoms with van der Waals surface area (Å²) in [5, 5.41) is 11.7. The van der Waals surface area contributed by atoms with Gasteiger partial charge in [0, 0.05) is 12.6 Å². The van der Waals surface area contributed by atoms with Crippen LogP contribution in [0.15, 0.2) is 36.7 Å². The third kappa shape index (κ3) is 4.92. The number of amides is 1. The number of aryl methyl sites for hydroxylation is 1. The predicted molar refractivity (Wildman–Crippen MR) is 74.5 cm³/mol. The van der Waals surface area contributed by atoms with Gasteiger partial charge >= 0.3 is 0 Å². The standard InChI is InChI=1S/C15H16FN3O2/c16-12-6-11(7-17-8-12)4-5-15(21)18-9-13-2-1-3-14(10-20)19-13/h1-3,6-8,20H,4-5,9-10H2,(H,18,21). The number of hydrogen-bond acceptors (Lipinski definition) is 4. The Labute approximate surface area is 121 Å². The molecule has 1 amide bonds. The van der Waals surface area contributed by atoms with E-state index >= 15 is 0 Å². The largest absolute Gasteiger partial charge is 0.390 e. The van der Waals surface area contributed by atoms with Crippen molar-refractivity contribution in [2.75, 3.05) is 0 Å². The summed E-state index contributed by atoms with van der Waals surface area (Å²) >= 11 is 0. The summed E-state index contributed by atoms with van der Waals surface area (Å²) in [6, 6.07) is 6.63. The van der Waals surface area contributed by atoms with Gasteiger partial charge in [-0.05, 0) is 30.2 Å². The zero-order valence-electron chi connectivity index (χ0n) is 11.4. The molecule has 2 heterocycles. The molecule has 0 saturated carbocycles. The maximum absolute atomic E-state index is 12.9. The lowest BCUT2D eigenvalue weighted by atomic mass is 10.1. The fourth-order valence-corrected chi connectivity index (χ4v) is 1.84. The molecule has 5 nitrogen and oxygen atoms in total. The molecule has 0 atom stereocenters. The van der Waals surface area contributed by atoms with Crippen LogP contribution in [0.5, 0.6) is 0 Å². The lowest BCUT2D eigenvalue weighted by Crippen LogP contribution is -2.23. The van der Waals surface area contributed by atoms with Crippen LogP contribution >= 0.6 is 0 Å². The van der Waals surface area contributed by atoms with Gasteiger partial charge in [-0.2, -0.15) is 0 Å². The minimum absolute atomic E-state index is 0.131. The Morgan fingerprint density at radius 1 is 1.29 bits per heavy atom. The van der Waals surface area contributed by atoms with Crippen LogP contribution in [-0.4, -0.2) is 21.0 Å². The fraction of sp³-hybridized carbons (Fsp3) is 0.267. The molecule has 6 heteroatoms. The minimum atomic E-state index is -0.405. The van der Waals surface area contributed by atoms with E-state index in [1.54, 1.807) is 24.4 Å². The highest BCUT2D eigenvalue weighted by molar-refractivity contribution is 5.76. The van der Waals surface area contributed by atoms with Crippen LogP contribution in [0.25, 0.3) is 0 Å². The number of pyridine rings is 2. The zero-order valence-corrected chi connectivity index (χ0v) is 11.4. The van der Waals surface area contributed by atoms with E-state index in [1.165, 1.54) is 6.07 Å². The summed E-state index contributed by atoms with van der Waals surface area (Å²) < 4.78 is 12.9. The highest BCUT2D eigenvalue weighted by Crippen LogP contribution is 2.04. The van der Waals surface area contributed by atoms with Gasteiger partial charge in [0.15, 0.2) is 0 Å². The van der Waals surface area contributed by atoms with Crippen LogP contribution in [0.3, 0.4) is 0 Å². The molecule has 0 unspecified atom stereocenters. The first-order valence-electron chi connectivity index (χ1n) is 6.59. The molecular weight excluding hydrogens is 273 g/mol. The topological polar surface area (TPSA) is 75.1 Å². The van der Waals surface area contributed by atoms with E-state index < -0.39 is 5.82 Å². The van der Waals surface area contributed by atoms with Gasteiger partial charge in [0.05, 0.1) is 30.7 Å². The summed E-state index contributed by atoms with van der Waals surface area (Å²) in [6.07, 6.45) is 3.36. The number of aliphatic hydroxyl groups is 1. The van der Waals surface area contributed by atoms with Crippen molar-refractivity contribution in [3.63, 3.8) is 0 Å². The number of carbonyl (C=O) groups excluding carboxylic acids is 1. The Balaban J connectivity index is 1.79. The smallest absolute Gasteiger partial charge is 0.220 e. The molecule has 0 spiro atoms. The van der Waals surface area contributed by atoms with E-state index in [1.807, 2.05) is 0 Å². The molecule has 0 aromatic carbocycles. The van der Waals surface area contributed by atoms with Gasteiger partial charge < -0.3 is 10.4 Å². The monoisotopic (exact) mass is 289 g/mol. The maximum atomic E-state index is 12.9. The third-order valence-corrected chi connectivity index (χ3v) is 2.90. The summed E-state index contributed by atoms with van der Waals surface area (Å²) in [4.78, 5) is 19.6. The minimum Gasteiger partial charge on any atom is -0.390 e. The second kappa shape index (κ2) is 7.44. The van der Waals surface area contributed by atoms with Gasteiger partial charge in [-0.3, -0.25) is 14.8 Å². The number of aliphatic hydroxyl groups excluding tert-OH is 1. The molecule has 2 aromatic heterocycles. The van der Waals surface area contributed by atoms with Crippen LogP contribution in [-0.2, 0) is 24.4 Å². The molecule has 110 valence electrons. The van der Waals surface area contributed by atoms with Crippen molar-refractivity contribution in [1.82, 2.24) is 15.3 Å².